The summed E-state index contributed by atoms with van der Waals surface area (Å²) in [6.07, 6.45) is 9.12. The number of nitrogens with zero attached hydrogens (tertiary/aromatic N) is 2. The van der Waals surface area contributed by atoms with E-state index < -0.39 is 5.82 Å². The Labute approximate surface area is 225 Å². The number of fused-ring (bicyclic) bond motifs is 2. The Morgan fingerprint density at radius 1 is 1.03 bits per heavy atom. The summed E-state index contributed by atoms with van der Waals surface area (Å²) in [6.45, 7) is 3.36. The number of Topliss-reactive ketones (excluding diaryl/α,β-unsaturated/α-hetero) is 1. The molecular formula is C29H34Cl2FN3O. The number of allylic oxidation sites excluding steroid dienone is 2. The highest BCUT2D eigenvalue weighted by Gasteiger charge is 2.27. The van der Waals surface area contributed by atoms with Crippen molar-refractivity contribution in [1.82, 2.24) is 9.88 Å². The molecule has 0 spiro atoms. The number of anilines is 1. The Balaban J connectivity index is 0.00000180. The maximum atomic E-state index is 14.4. The van der Waals surface area contributed by atoms with Gasteiger partial charge in [0.2, 0.25) is 0 Å². The number of aryl methyl sites for hydroxylation is 1. The third-order valence-electron chi connectivity index (χ3n) is 7.39. The van der Waals surface area contributed by atoms with E-state index in [0.717, 1.165) is 44.0 Å². The summed E-state index contributed by atoms with van der Waals surface area (Å²) in [5.41, 5.74) is 10.3. The maximum absolute atomic E-state index is 14.4. The van der Waals surface area contributed by atoms with Crippen LogP contribution in [0.15, 0.2) is 60.2 Å². The van der Waals surface area contributed by atoms with E-state index >= 15 is 0 Å². The minimum Gasteiger partial charge on any atom is -0.397 e. The number of unbranched alkanes of at least 4 members (excludes halogenated alkanes) is 1. The minimum absolute atomic E-state index is 0. The number of likely N-dealkylation sites (tertiary alicyclic amines) is 1. The molecule has 1 fully saturated rings. The number of hydrogen-bond donors (Lipinski definition) is 1. The topological polar surface area (TPSA) is 59.2 Å². The number of carbonyl (C=O) groups is 1. The van der Waals surface area contributed by atoms with Crippen LogP contribution in [0.25, 0.3) is 10.9 Å². The highest BCUT2D eigenvalue weighted by Crippen LogP contribution is 2.34. The first-order valence-corrected chi connectivity index (χ1v) is 12.5. The quantitative estimate of drug-likeness (QED) is 0.277. The molecule has 0 atom stereocenters. The first-order valence-electron chi connectivity index (χ1n) is 12.5. The van der Waals surface area contributed by atoms with Crippen molar-refractivity contribution in [3.63, 3.8) is 0 Å². The smallest absolute Gasteiger partial charge is 0.192 e. The highest BCUT2D eigenvalue weighted by atomic mass is 35.5. The Morgan fingerprint density at radius 2 is 1.78 bits per heavy atom. The number of halogens is 3. The molecule has 2 heterocycles. The van der Waals surface area contributed by atoms with Crippen LogP contribution in [0.4, 0.5) is 10.1 Å². The lowest BCUT2D eigenvalue weighted by Crippen LogP contribution is -2.33. The molecule has 0 saturated carbocycles. The summed E-state index contributed by atoms with van der Waals surface area (Å²) in [6, 6.07) is 15.4. The van der Waals surface area contributed by atoms with E-state index in [9.17, 15) is 9.18 Å². The third-order valence-corrected chi connectivity index (χ3v) is 7.39. The molecule has 1 saturated heterocycles. The van der Waals surface area contributed by atoms with Crippen LogP contribution < -0.4 is 5.73 Å². The van der Waals surface area contributed by atoms with E-state index in [2.05, 4.69) is 46.3 Å². The van der Waals surface area contributed by atoms with Gasteiger partial charge in [-0.25, -0.2) is 4.39 Å². The normalized spacial score (nSPS) is 17.5. The van der Waals surface area contributed by atoms with E-state index in [1.54, 1.807) is 12.1 Å². The maximum Gasteiger partial charge on any atom is 0.192 e. The molecule has 0 bridgehead atoms. The van der Waals surface area contributed by atoms with Crippen molar-refractivity contribution in [2.75, 3.05) is 18.8 Å². The Bertz CT molecular complexity index is 1220. The van der Waals surface area contributed by atoms with Gasteiger partial charge in [-0.05, 0) is 80.8 Å². The van der Waals surface area contributed by atoms with Gasteiger partial charge in [0, 0.05) is 6.54 Å². The number of aromatic nitrogens is 1. The zero-order valence-corrected chi connectivity index (χ0v) is 22.1. The molecule has 0 unspecified atom stereocenters. The minimum atomic E-state index is -0.427. The second-order valence-electron chi connectivity index (χ2n) is 9.68. The second kappa shape index (κ2) is 12.7. The van der Waals surface area contributed by atoms with Crippen LogP contribution in [-0.4, -0.2) is 28.8 Å². The van der Waals surface area contributed by atoms with Crippen LogP contribution in [0.2, 0.25) is 0 Å². The molecule has 0 radical (unpaired) electrons. The Kier molecular flexibility index (Phi) is 9.89. The molecular weight excluding hydrogens is 496 g/mol. The molecule has 4 nitrogen and oxygen atoms in total. The van der Waals surface area contributed by atoms with Crippen LogP contribution in [0, 0.1) is 11.7 Å². The monoisotopic (exact) mass is 529 g/mol. The summed E-state index contributed by atoms with van der Waals surface area (Å²) in [5, 5.41) is 0.259. The molecule has 5 rings (SSSR count). The van der Waals surface area contributed by atoms with Gasteiger partial charge in [-0.15, -0.1) is 24.8 Å². The molecule has 36 heavy (non-hydrogen) atoms. The van der Waals surface area contributed by atoms with Crippen LogP contribution in [0.5, 0.6) is 0 Å². The van der Waals surface area contributed by atoms with Gasteiger partial charge in [0.25, 0.3) is 0 Å². The summed E-state index contributed by atoms with van der Waals surface area (Å²) in [5.74, 6) is 0.261. The Hall–Kier alpha value is -2.47. The molecule has 3 aromatic rings. The molecule has 1 aromatic heterocycles. The first-order chi connectivity index (χ1) is 16.6. The number of pyridine rings is 1. The predicted octanol–water partition coefficient (Wildman–Crippen LogP) is 6.94. The summed E-state index contributed by atoms with van der Waals surface area (Å²) in [7, 11) is 0. The van der Waals surface area contributed by atoms with Gasteiger partial charge < -0.3 is 5.73 Å². The van der Waals surface area contributed by atoms with Crippen LogP contribution in [-0.2, 0) is 13.0 Å². The number of hydrogen-bond acceptors (Lipinski definition) is 4. The number of piperidine rings is 1. The summed E-state index contributed by atoms with van der Waals surface area (Å²) < 4.78 is 14.4. The Morgan fingerprint density at radius 3 is 2.53 bits per heavy atom. The van der Waals surface area contributed by atoms with Gasteiger partial charge in [-0.3, -0.25) is 14.7 Å². The summed E-state index contributed by atoms with van der Waals surface area (Å²) in [4.78, 5) is 20.3. The van der Waals surface area contributed by atoms with E-state index in [-0.39, 0.29) is 41.7 Å². The SMILES string of the molecule is Cl.Cl.Nc1c2c(nc3cccc(F)c13)CC/C(=C\CCCC1CCN(Cc3ccccc3)CC1)C2=O. The van der Waals surface area contributed by atoms with Gasteiger partial charge >= 0.3 is 0 Å². The fourth-order valence-electron chi connectivity index (χ4n) is 5.47. The van der Waals surface area contributed by atoms with Crippen molar-refractivity contribution in [1.29, 1.82) is 0 Å². The lowest BCUT2D eigenvalue weighted by Gasteiger charge is -2.32. The zero-order chi connectivity index (χ0) is 23.5. The van der Waals surface area contributed by atoms with E-state index in [1.165, 1.54) is 30.9 Å². The number of nitrogens with two attached hydrogens (primary N) is 1. The largest absolute Gasteiger partial charge is 0.397 e. The number of rotatable bonds is 6. The van der Waals surface area contributed by atoms with Crippen molar-refractivity contribution in [2.45, 2.75) is 51.5 Å². The molecule has 1 aliphatic carbocycles. The van der Waals surface area contributed by atoms with Gasteiger partial charge in [-0.1, -0.05) is 48.9 Å². The van der Waals surface area contributed by atoms with Crippen molar-refractivity contribution in [3.05, 3.63) is 82.8 Å². The number of ketones is 1. The zero-order valence-electron chi connectivity index (χ0n) is 20.4. The first kappa shape index (κ1) is 28.1. The number of benzene rings is 2. The van der Waals surface area contributed by atoms with Gasteiger partial charge in [0.15, 0.2) is 5.78 Å². The van der Waals surface area contributed by atoms with Gasteiger partial charge in [-0.2, -0.15) is 0 Å². The average molecular weight is 531 g/mol. The van der Waals surface area contributed by atoms with Crippen molar-refractivity contribution in [2.24, 2.45) is 5.92 Å². The number of nitrogen functional groups attached to an aromatic ring is 1. The van der Waals surface area contributed by atoms with Crippen molar-refractivity contribution in [3.8, 4) is 0 Å². The van der Waals surface area contributed by atoms with Gasteiger partial charge in [0.05, 0.1) is 27.8 Å². The van der Waals surface area contributed by atoms with E-state index in [4.69, 9.17) is 5.73 Å². The van der Waals surface area contributed by atoms with Crippen LogP contribution in [0.1, 0.15) is 60.1 Å². The standard InChI is InChI=1S/C29H32FN3O.2ClH/c30-23-11-6-12-24-26(23)28(31)27-25(32-24)14-13-22(29(27)34)10-5-4-7-20-15-17-33(18-16-20)19-21-8-2-1-3-9-21;;/h1-3,6,8-12,20H,4-5,7,13-19H2,(H2,31,32);2*1H/b22-10+;;. The van der Waals surface area contributed by atoms with Gasteiger partial charge in [0.1, 0.15) is 5.82 Å². The van der Waals surface area contributed by atoms with Crippen molar-refractivity contribution >= 4 is 47.2 Å². The lowest BCUT2D eigenvalue weighted by atomic mass is 9.86. The van der Waals surface area contributed by atoms with Crippen LogP contribution in [0.3, 0.4) is 0 Å². The fourth-order valence-corrected chi connectivity index (χ4v) is 5.47. The highest BCUT2D eigenvalue weighted by molar-refractivity contribution is 6.17. The number of carbonyl (C=O) groups excluding carboxylic acids is 1. The van der Waals surface area contributed by atoms with E-state index in [0.29, 0.717) is 29.6 Å². The second-order valence-corrected chi connectivity index (χ2v) is 9.68. The molecule has 0 amide bonds. The molecule has 2 aliphatic rings. The molecule has 1 aliphatic heterocycles. The molecule has 7 heteroatoms. The molecule has 192 valence electrons. The molecule has 2 N–H and O–H groups in total. The fraction of sp³-hybridized carbons (Fsp3) is 0.379. The van der Waals surface area contributed by atoms with E-state index in [1.807, 2.05) is 0 Å². The average Bonchev–Trinajstić information content (AvgIpc) is 2.84. The predicted molar refractivity (Wildman–Crippen MR) is 150 cm³/mol. The van der Waals surface area contributed by atoms with Crippen molar-refractivity contribution < 1.29 is 9.18 Å². The lowest BCUT2D eigenvalue weighted by molar-refractivity contribution is 0.102. The van der Waals surface area contributed by atoms with Crippen LogP contribution >= 0.6 is 24.8 Å². The summed E-state index contributed by atoms with van der Waals surface area (Å²) >= 11 is 0. The molecule has 2 aromatic carbocycles. The third kappa shape index (κ3) is 6.08.